The lowest BCUT2D eigenvalue weighted by Gasteiger charge is -2.23. The summed E-state index contributed by atoms with van der Waals surface area (Å²) in [6.07, 6.45) is 4.59. The van der Waals surface area contributed by atoms with Gasteiger partial charge in [-0.15, -0.1) is 12.4 Å². The molecule has 1 atom stereocenters. The molecule has 1 aliphatic heterocycles. The van der Waals surface area contributed by atoms with Crippen LogP contribution in [0.25, 0.3) is 0 Å². The van der Waals surface area contributed by atoms with Gasteiger partial charge in [-0.3, -0.25) is 5.21 Å². The van der Waals surface area contributed by atoms with Gasteiger partial charge >= 0.3 is 0 Å². The average molecular weight is 165 g/mol. The number of nitrogens with zero attached hydrogens (tertiary/aromatic N) is 2. The third kappa shape index (κ3) is 1.55. The van der Waals surface area contributed by atoms with Crippen LogP contribution in [0.3, 0.4) is 0 Å². The third-order valence-corrected chi connectivity index (χ3v) is 1.60. The van der Waals surface area contributed by atoms with E-state index < -0.39 is 0 Å². The second kappa shape index (κ2) is 3.68. The van der Waals surface area contributed by atoms with Crippen LogP contribution in [-0.2, 0) is 0 Å². The first kappa shape index (κ1) is 9.59. The highest BCUT2D eigenvalue weighted by Crippen LogP contribution is 2.12. The second-order valence-corrected chi connectivity index (χ2v) is 2.23. The second-order valence-electron chi connectivity index (χ2n) is 2.23. The largest absolute Gasteiger partial charge is 0.357 e. The SMILES string of the molecule is CCC1N(C)C=CN1O.Cl. The molecule has 1 heterocycles. The van der Waals surface area contributed by atoms with Crippen molar-refractivity contribution in [1.82, 2.24) is 9.96 Å². The van der Waals surface area contributed by atoms with E-state index in [0.29, 0.717) is 0 Å². The normalized spacial score (nSPS) is 23.3. The summed E-state index contributed by atoms with van der Waals surface area (Å²) in [5.41, 5.74) is 0. The summed E-state index contributed by atoms with van der Waals surface area (Å²) in [7, 11) is 1.95. The Morgan fingerprint density at radius 1 is 1.50 bits per heavy atom. The van der Waals surface area contributed by atoms with E-state index in [1.54, 1.807) is 6.20 Å². The molecule has 0 saturated carbocycles. The minimum atomic E-state index is 0. The molecule has 0 aromatic rings. The first-order chi connectivity index (χ1) is 4.25. The molecular formula is C6H13ClN2O. The monoisotopic (exact) mass is 164 g/mol. The van der Waals surface area contributed by atoms with E-state index in [1.165, 1.54) is 5.06 Å². The van der Waals surface area contributed by atoms with Crippen LogP contribution in [0.2, 0.25) is 0 Å². The predicted octanol–water partition coefficient (Wildman–Crippen LogP) is 1.25. The van der Waals surface area contributed by atoms with E-state index in [-0.39, 0.29) is 18.6 Å². The Kier molecular flexibility index (Phi) is 3.53. The van der Waals surface area contributed by atoms with Crippen LogP contribution in [0.4, 0.5) is 0 Å². The topological polar surface area (TPSA) is 26.7 Å². The summed E-state index contributed by atoms with van der Waals surface area (Å²) in [4.78, 5) is 1.97. The fourth-order valence-corrected chi connectivity index (χ4v) is 1.03. The third-order valence-electron chi connectivity index (χ3n) is 1.60. The molecule has 3 nitrogen and oxygen atoms in total. The maximum Gasteiger partial charge on any atom is 0.125 e. The van der Waals surface area contributed by atoms with Crippen LogP contribution in [0, 0.1) is 0 Å². The molecule has 0 radical (unpaired) electrons. The van der Waals surface area contributed by atoms with Gasteiger partial charge in [0.05, 0.1) is 0 Å². The average Bonchev–Trinajstić information content (AvgIpc) is 2.12. The maximum absolute atomic E-state index is 9.06. The van der Waals surface area contributed by atoms with Gasteiger partial charge in [0, 0.05) is 19.4 Å². The molecule has 1 aliphatic rings. The molecule has 4 heteroatoms. The van der Waals surface area contributed by atoms with Crippen molar-refractivity contribution >= 4 is 12.4 Å². The van der Waals surface area contributed by atoms with Gasteiger partial charge in [-0.25, -0.2) is 5.06 Å². The lowest BCUT2D eigenvalue weighted by atomic mass is 10.4. The summed E-state index contributed by atoms with van der Waals surface area (Å²) in [5, 5.41) is 10.3. The van der Waals surface area contributed by atoms with Gasteiger partial charge in [0.2, 0.25) is 0 Å². The van der Waals surface area contributed by atoms with Gasteiger partial charge < -0.3 is 4.90 Å². The van der Waals surface area contributed by atoms with Crippen molar-refractivity contribution in [3.63, 3.8) is 0 Å². The Morgan fingerprint density at radius 2 is 2.10 bits per heavy atom. The highest BCUT2D eigenvalue weighted by molar-refractivity contribution is 5.85. The van der Waals surface area contributed by atoms with Gasteiger partial charge in [0.25, 0.3) is 0 Å². The summed E-state index contributed by atoms with van der Waals surface area (Å²) < 4.78 is 0. The predicted molar refractivity (Wildman–Crippen MR) is 41.9 cm³/mol. The first-order valence-corrected chi connectivity index (χ1v) is 3.13. The molecule has 1 unspecified atom stereocenters. The summed E-state index contributed by atoms with van der Waals surface area (Å²) in [5.74, 6) is 0. The van der Waals surface area contributed by atoms with E-state index in [0.717, 1.165) is 6.42 Å². The van der Waals surface area contributed by atoms with Gasteiger partial charge in [0.1, 0.15) is 6.17 Å². The highest BCUT2D eigenvalue weighted by atomic mass is 35.5. The molecule has 1 N–H and O–H groups in total. The summed E-state index contributed by atoms with van der Waals surface area (Å²) >= 11 is 0. The van der Waals surface area contributed by atoms with Crippen molar-refractivity contribution in [2.75, 3.05) is 7.05 Å². The van der Waals surface area contributed by atoms with E-state index in [4.69, 9.17) is 5.21 Å². The fourth-order valence-electron chi connectivity index (χ4n) is 1.03. The quantitative estimate of drug-likeness (QED) is 0.632. The minimum Gasteiger partial charge on any atom is -0.357 e. The lowest BCUT2D eigenvalue weighted by molar-refractivity contribution is -0.0998. The van der Waals surface area contributed by atoms with Crippen molar-refractivity contribution in [2.24, 2.45) is 0 Å². The first-order valence-electron chi connectivity index (χ1n) is 3.13. The molecular weight excluding hydrogens is 152 g/mol. The van der Waals surface area contributed by atoms with Crippen LogP contribution in [0.15, 0.2) is 12.4 Å². The van der Waals surface area contributed by atoms with Crippen molar-refractivity contribution in [1.29, 1.82) is 0 Å². The zero-order valence-corrected chi connectivity index (χ0v) is 7.01. The molecule has 0 aliphatic carbocycles. The Bertz CT molecular complexity index is 117. The Labute approximate surface area is 67.3 Å². The number of halogens is 1. The molecule has 0 aromatic carbocycles. The van der Waals surface area contributed by atoms with Crippen molar-refractivity contribution in [2.45, 2.75) is 19.5 Å². The number of hydrogen-bond acceptors (Lipinski definition) is 3. The fraction of sp³-hybridized carbons (Fsp3) is 0.667. The highest BCUT2D eigenvalue weighted by Gasteiger charge is 2.18. The van der Waals surface area contributed by atoms with Crippen molar-refractivity contribution < 1.29 is 5.21 Å². The van der Waals surface area contributed by atoms with E-state index in [1.807, 2.05) is 25.1 Å². The van der Waals surface area contributed by atoms with Crippen LogP contribution < -0.4 is 0 Å². The van der Waals surface area contributed by atoms with Crippen LogP contribution in [0.5, 0.6) is 0 Å². The Hall–Kier alpha value is -0.410. The maximum atomic E-state index is 9.06. The molecule has 0 aromatic heterocycles. The van der Waals surface area contributed by atoms with Gasteiger partial charge in [-0.1, -0.05) is 6.92 Å². The van der Waals surface area contributed by atoms with Crippen LogP contribution in [-0.4, -0.2) is 28.4 Å². The summed E-state index contributed by atoms with van der Waals surface area (Å²) in [6, 6.07) is 0. The zero-order valence-electron chi connectivity index (χ0n) is 6.19. The zero-order chi connectivity index (χ0) is 6.85. The lowest BCUT2D eigenvalue weighted by Crippen LogP contribution is -2.33. The smallest absolute Gasteiger partial charge is 0.125 e. The Morgan fingerprint density at radius 3 is 2.30 bits per heavy atom. The minimum absolute atomic E-state index is 0. The molecule has 0 saturated heterocycles. The standard InChI is InChI=1S/C6H12N2O.ClH/c1-3-6-7(2)4-5-8(6)9;/h4-6,9H,3H2,1-2H3;1H. The number of hydroxylamine groups is 2. The van der Waals surface area contributed by atoms with Gasteiger partial charge in [-0.05, 0) is 6.42 Å². The van der Waals surface area contributed by atoms with Crippen LogP contribution in [0.1, 0.15) is 13.3 Å². The van der Waals surface area contributed by atoms with Gasteiger partial charge in [-0.2, -0.15) is 0 Å². The van der Waals surface area contributed by atoms with E-state index in [2.05, 4.69) is 0 Å². The van der Waals surface area contributed by atoms with Crippen LogP contribution >= 0.6 is 12.4 Å². The van der Waals surface area contributed by atoms with Crippen molar-refractivity contribution in [3.05, 3.63) is 12.4 Å². The molecule has 0 bridgehead atoms. The Balaban J connectivity index is 0.000000810. The van der Waals surface area contributed by atoms with Crippen molar-refractivity contribution in [3.8, 4) is 0 Å². The molecule has 0 fully saturated rings. The molecule has 10 heavy (non-hydrogen) atoms. The summed E-state index contributed by atoms with van der Waals surface area (Å²) in [6.45, 7) is 2.04. The number of hydrogen-bond donors (Lipinski definition) is 1. The van der Waals surface area contributed by atoms with E-state index in [9.17, 15) is 0 Å². The number of rotatable bonds is 1. The molecule has 1 rings (SSSR count). The molecule has 60 valence electrons. The molecule has 0 spiro atoms. The van der Waals surface area contributed by atoms with Gasteiger partial charge in [0.15, 0.2) is 0 Å². The van der Waals surface area contributed by atoms with E-state index >= 15 is 0 Å². The molecule has 0 amide bonds.